The summed E-state index contributed by atoms with van der Waals surface area (Å²) in [4.78, 5) is 15.2. The molecule has 1 heterocycles. The first kappa shape index (κ1) is 14.0. The Morgan fingerprint density at radius 3 is 2.38 bits per heavy atom. The lowest BCUT2D eigenvalue weighted by atomic mass is 9.42. The molecule has 1 aliphatic heterocycles. The first-order chi connectivity index (χ1) is 9.87. The third kappa shape index (κ3) is 1.99. The fraction of sp³-hybridized carbons (Fsp3) is 0.944. The van der Waals surface area contributed by atoms with Gasteiger partial charge in [-0.1, -0.05) is 20.8 Å². The van der Waals surface area contributed by atoms with Crippen LogP contribution in [0.2, 0.25) is 0 Å². The molecule has 3 nitrogen and oxygen atoms in total. The van der Waals surface area contributed by atoms with Crippen molar-refractivity contribution in [3.8, 4) is 0 Å². The molecular formula is C18H30N2O. The molecule has 1 amide bonds. The molecule has 5 aliphatic rings. The Labute approximate surface area is 128 Å². The van der Waals surface area contributed by atoms with Crippen molar-refractivity contribution in [1.82, 2.24) is 10.2 Å². The predicted molar refractivity (Wildman–Crippen MR) is 83.9 cm³/mol. The lowest BCUT2D eigenvalue weighted by Crippen LogP contribution is -2.66. The van der Waals surface area contributed by atoms with Crippen molar-refractivity contribution in [3.63, 3.8) is 0 Å². The van der Waals surface area contributed by atoms with Crippen molar-refractivity contribution >= 4 is 5.91 Å². The van der Waals surface area contributed by atoms with Crippen LogP contribution < -0.4 is 5.32 Å². The van der Waals surface area contributed by atoms with Gasteiger partial charge in [0.05, 0.1) is 6.04 Å². The van der Waals surface area contributed by atoms with Crippen LogP contribution in [0.3, 0.4) is 0 Å². The SMILES string of the molecule is CCNC1CCN(C23CC4CC(C)(CC(C)(C4)C2)C3)C1=O. The maximum atomic E-state index is 12.9. The van der Waals surface area contributed by atoms with Gasteiger partial charge in [0.15, 0.2) is 0 Å². The Morgan fingerprint density at radius 1 is 1.14 bits per heavy atom. The number of likely N-dealkylation sites (tertiary alicyclic amines) is 1. The van der Waals surface area contributed by atoms with Crippen LogP contribution in [0.5, 0.6) is 0 Å². The maximum absolute atomic E-state index is 12.9. The Balaban J connectivity index is 1.64. The second-order valence-corrected chi connectivity index (χ2v) is 9.24. The monoisotopic (exact) mass is 290 g/mol. The van der Waals surface area contributed by atoms with Crippen molar-refractivity contribution in [2.45, 2.75) is 77.3 Å². The molecule has 0 aromatic carbocycles. The number of nitrogens with one attached hydrogen (secondary N) is 1. The van der Waals surface area contributed by atoms with E-state index < -0.39 is 0 Å². The normalized spacial score (nSPS) is 52.0. The molecule has 4 aliphatic carbocycles. The molecule has 0 aromatic rings. The molecule has 3 heteroatoms. The number of hydrogen-bond acceptors (Lipinski definition) is 2. The zero-order valence-corrected chi connectivity index (χ0v) is 13.9. The van der Waals surface area contributed by atoms with Crippen LogP contribution in [0.15, 0.2) is 0 Å². The standard InChI is InChI=1S/C18H30N2O/c1-4-19-14-5-6-20(15(14)21)18-9-13-7-16(2,11-18)10-17(3,8-13)12-18/h13-14,19H,4-12H2,1-3H3. The topological polar surface area (TPSA) is 32.3 Å². The lowest BCUT2D eigenvalue weighted by molar-refractivity contribution is -0.171. The van der Waals surface area contributed by atoms with Gasteiger partial charge in [0.25, 0.3) is 0 Å². The van der Waals surface area contributed by atoms with Crippen molar-refractivity contribution in [2.75, 3.05) is 13.1 Å². The van der Waals surface area contributed by atoms with Gasteiger partial charge in [0, 0.05) is 12.1 Å². The largest absolute Gasteiger partial charge is 0.336 e. The minimum Gasteiger partial charge on any atom is -0.336 e. The van der Waals surface area contributed by atoms with Crippen LogP contribution >= 0.6 is 0 Å². The zero-order chi connectivity index (χ0) is 14.9. The van der Waals surface area contributed by atoms with Crippen LogP contribution in [0, 0.1) is 16.7 Å². The van der Waals surface area contributed by atoms with Crippen LogP contribution in [-0.2, 0) is 4.79 Å². The summed E-state index contributed by atoms with van der Waals surface area (Å²) in [6.07, 6.45) is 9.01. The minimum atomic E-state index is 0.0867. The maximum Gasteiger partial charge on any atom is 0.240 e. The quantitative estimate of drug-likeness (QED) is 0.867. The summed E-state index contributed by atoms with van der Waals surface area (Å²) in [6.45, 7) is 8.97. The third-order valence-corrected chi connectivity index (χ3v) is 6.83. The highest BCUT2D eigenvalue weighted by atomic mass is 16.2. The summed E-state index contributed by atoms with van der Waals surface area (Å²) in [7, 11) is 0. The van der Waals surface area contributed by atoms with Gasteiger partial charge in [0.1, 0.15) is 0 Å². The molecule has 118 valence electrons. The summed E-state index contributed by atoms with van der Waals surface area (Å²) in [5, 5.41) is 3.38. The smallest absolute Gasteiger partial charge is 0.240 e. The summed E-state index contributed by atoms with van der Waals surface area (Å²) in [5.74, 6) is 1.26. The number of likely N-dealkylation sites (N-methyl/N-ethyl adjacent to an activating group) is 1. The molecule has 5 fully saturated rings. The highest BCUT2D eigenvalue weighted by Crippen LogP contribution is 2.67. The van der Waals surface area contributed by atoms with E-state index in [1.165, 1.54) is 38.5 Å². The van der Waals surface area contributed by atoms with Crippen molar-refractivity contribution in [1.29, 1.82) is 0 Å². The summed E-state index contributed by atoms with van der Waals surface area (Å²) < 4.78 is 0. The summed E-state index contributed by atoms with van der Waals surface area (Å²) >= 11 is 0. The Kier molecular flexibility index (Phi) is 2.84. The van der Waals surface area contributed by atoms with Crippen molar-refractivity contribution in [2.24, 2.45) is 16.7 Å². The highest BCUT2D eigenvalue weighted by molar-refractivity contribution is 5.84. The van der Waals surface area contributed by atoms with Gasteiger partial charge < -0.3 is 10.2 Å². The number of nitrogens with zero attached hydrogens (tertiary/aromatic N) is 1. The Bertz CT molecular complexity index is 456. The molecule has 4 bridgehead atoms. The number of amides is 1. The number of carbonyl (C=O) groups excluding carboxylic acids is 1. The zero-order valence-electron chi connectivity index (χ0n) is 13.9. The number of rotatable bonds is 3. The van der Waals surface area contributed by atoms with E-state index in [1.54, 1.807) is 0 Å². The first-order valence-corrected chi connectivity index (χ1v) is 8.92. The predicted octanol–water partition coefficient (Wildman–Crippen LogP) is 2.95. The Hall–Kier alpha value is -0.570. The minimum absolute atomic E-state index is 0.0867. The van der Waals surface area contributed by atoms with E-state index in [4.69, 9.17) is 0 Å². The fourth-order valence-corrected chi connectivity index (χ4v) is 7.28. The van der Waals surface area contributed by atoms with E-state index in [2.05, 4.69) is 31.0 Å². The third-order valence-electron chi connectivity index (χ3n) is 6.83. The van der Waals surface area contributed by atoms with E-state index in [-0.39, 0.29) is 11.6 Å². The number of hydrogen-bond donors (Lipinski definition) is 1. The summed E-state index contributed by atoms with van der Waals surface area (Å²) in [6, 6.07) is 0.0867. The van der Waals surface area contributed by atoms with Gasteiger partial charge in [0.2, 0.25) is 5.91 Å². The summed E-state index contributed by atoms with van der Waals surface area (Å²) in [5.41, 5.74) is 1.18. The van der Waals surface area contributed by atoms with Crippen molar-refractivity contribution in [3.05, 3.63) is 0 Å². The van der Waals surface area contributed by atoms with Gasteiger partial charge in [-0.2, -0.15) is 0 Å². The van der Waals surface area contributed by atoms with E-state index in [0.717, 1.165) is 25.4 Å². The van der Waals surface area contributed by atoms with E-state index in [0.29, 0.717) is 16.7 Å². The molecule has 0 aromatic heterocycles. The van der Waals surface area contributed by atoms with Gasteiger partial charge >= 0.3 is 0 Å². The molecule has 1 saturated heterocycles. The lowest BCUT2D eigenvalue weighted by Gasteiger charge is -2.67. The molecule has 3 unspecified atom stereocenters. The molecule has 1 N–H and O–H groups in total. The Morgan fingerprint density at radius 2 is 1.81 bits per heavy atom. The van der Waals surface area contributed by atoms with Crippen molar-refractivity contribution < 1.29 is 4.79 Å². The molecule has 0 spiro atoms. The fourth-order valence-electron chi connectivity index (χ4n) is 7.28. The van der Waals surface area contributed by atoms with Crippen LogP contribution in [0.1, 0.15) is 65.7 Å². The molecule has 4 saturated carbocycles. The van der Waals surface area contributed by atoms with Crippen LogP contribution in [0.4, 0.5) is 0 Å². The average molecular weight is 290 g/mol. The van der Waals surface area contributed by atoms with E-state index in [1.807, 2.05) is 0 Å². The van der Waals surface area contributed by atoms with Gasteiger partial charge in [-0.25, -0.2) is 0 Å². The van der Waals surface area contributed by atoms with Gasteiger partial charge in [-0.15, -0.1) is 0 Å². The molecule has 0 radical (unpaired) electrons. The highest BCUT2D eigenvalue weighted by Gasteiger charge is 2.63. The molecule has 3 atom stereocenters. The molecular weight excluding hydrogens is 260 g/mol. The molecule has 5 rings (SSSR count). The second kappa shape index (κ2) is 4.24. The van der Waals surface area contributed by atoms with Gasteiger partial charge in [-0.05, 0) is 68.2 Å². The van der Waals surface area contributed by atoms with E-state index in [9.17, 15) is 4.79 Å². The number of carbonyl (C=O) groups is 1. The molecule has 21 heavy (non-hydrogen) atoms. The van der Waals surface area contributed by atoms with Gasteiger partial charge in [-0.3, -0.25) is 4.79 Å². The first-order valence-electron chi connectivity index (χ1n) is 8.92. The van der Waals surface area contributed by atoms with E-state index >= 15 is 0 Å². The van der Waals surface area contributed by atoms with Crippen LogP contribution in [-0.4, -0.2) is 35.5 Å². The van der Waals surface area contributed by atoms with Crippen LogP contribution in [0.25, 0.3) is 0 Å². The average Bonchev–Trinajstić information content (AvgIpc) is 2.67. The second-order valence-electron chi connectivity index (χ2n) is 9.24.